The van der Waals surface area contributed by atoms with Crippen LogP contribution in [0.4, 0.5) is 16.2 Å². The van der Waals surface area contributed by atoms with Crippen molar-refractivity contribution in [2.75, 3.05) is 12.4 Å². The third-order valence-electron chi connectivity index (χ3n) is 4.06. The van der Waals surface area contributed by atoms with Crippen LogP contribution in [-0.2, 0) is 10.4 Å². The molecule has 0 aliphatic rings. The Labute approximate surface area is 167 Å². The van der Waals surface area contributed by atoms with E-state index in [-0.39, 0.29) is 16.4 Å². The second-order valence-electron chi connectivity index (χ2n) is 6.57. The maximum absolute atomic E-state index is 12.4. The van der Waals surface area contributed by atoms with Gasteiger partial charge in [0, 0.05) is 11.8 Å². The van der Waals surface area contributed by atoms with Crippen molar-refractivity contribution >= 4 is 34.7 Å². The molecule has 0 radical (unpaired) electrons. The van der Waals surface area contributed by atoms with E-state index >= 15 is 0 Å². The third kappa shape index (κ3) is 5.20. The number of carbonyl (C=O) groups excluding carboxylic acids is 1. The van der Waals surface area contributed by atoms with Crippen molar-refractivity contribution < 1.29 is 14.6 Å². The van der Waals surface area contributed by atoms with Crippen LogP contribution in [-0.4, -0.2) is 23.8 Å². The van der Waals surface area contributed by atoms with Gasteiger partial charge >= 0.3 is 6.03 Å². The molecule has 0 aliphatic carbocycles. The number of nitrogens with zero attached hydrogens (tertiary/aromatic N) is 2. The highest BCUT2D eigenvalue weighted by molar-refractivity contribution is 6.32. The number of carbonyl (C=O) groups is 1. The van der Waals surface area contributed by atoms with E-state index < -0.39 is 16.5 Å². The summed E-state index contributed by atoms with van der Waals surface area (Å²) in [6, 6.07) is 11.1. The molecule has 2 rings (SSSR count). The Hall–Kier alpha value is -3.13. The molecule has 0 fully saturated rings. The summed E-state index contributed by atoms with van der Waals surface area (Å²) >= 11 is 5.79. The monoisotopic (exact) mass is 404 g/mol. The number of anilines is 1. The number of oxime groups is 1. The van der Waals surface area contributed by atoms with Crippen molar-refractivity contribution in [2.24, 2.45) is 5.16 Å². The highest BCUT2D eigenvalue weighted by Crippen LogP contribution is 2.27. The van der Waals surface area contributed by atoms with Crippen molar-refractivity contribution in [1.29, 1.82) is 0 Å². The highest BCUT2D eigenvalue weighted by atomic mass is 35.5. The predicted molar refractivity (Wildman–Crippen MR) is 109 cm³/mol. The molecule has 0 bridgehead atoms. The molecule has 0 saturated carbocycles. The van der Waals surface area contributed by atoms with Crippen LogP contribution >= 0.6 is 11.6 Å². The van der Waals surface area contributed by atoms with Gasteiger partial charge in [-0.25, -0.2) is 4.79 Å². The van der Waals surface area contributed by atoms with Gasteiger partial charge in [0.15, 0.2) is 0 Å². The molecule has 2 amide bonds. The molecule has 0 unspecified atom stereocenters. The van der Waals surface area contributed by atoms with Gasteiger partial charge < -0.3 is 15.5 Å². The number of benzene rings is 2. The van der Waals surface area contributed by atoms with Crippen LogP contribution in [0.2, 0.25) is 5.02 Å². The summed E-state index contributed by atoms with van der Waals surface area (Å²) in [7, 11) is 1.48. The SMILES string of the molecule is CO/N=C(\C)c1cccc(C(C)(C)NC(=O)Nc2ccc(Cl)c([N+](=O)[O-])c2)c1. The molecular weight excluding hydrogens is 384 g/mol. The largest absolute Gasteiger partial charge is 0.399 e. The quantitative estimate of drug-likeness (QED) is 0.414. The van der Waals surface area contributed by atoms with Gasteiger partial charge in [-0.1, -0.05) is 35.0 Å². The smallest absolute Gasteiger partial charge is 0.319 e. The van der Waals surface area contributed by atoms with Crippen LogP contribution in [0.3, 0.4) is 0 Å². The second-order valence-corrected chi connectivity index (χ2v) is 6.97. The fourth-order valence-corrected chi connectivity index (χ4v) is 2.76. The van der Waals surface area contributed by atoms with Gasteiger partial charge in [0.2, 0.25) is 0 Å². The Morgan fingerprint density at radius 2 is 1.96 bits per heavy atom. The van der Waals surface area contributed by atoms with Gasteiger partial charge in [0.1, 0.15) is 12.1 Å². The number of urea groups is 1. The van der Waals surface area contributed by atoms with Gasteiger partial charge in [0.25, 0.3) is 5.69 Å². The number of halogens is 1. The summed E-state index contributed by atoms with van der Waals surface area (Å²) in [4.78, 5) is 27.6. The fourth-order valence-electron chi connectivity index (χ4n) is 2.57. The van der Waals surface area contributed by atoms with Crippen molar-refractivity contribution in [2.45, 2.75) is 26.3 Å². The molecule has 0 aliphatic heterocycles. The minimum atomic E-state index is -0.716. The number of hydrogen-bond acceptors (Lipinski definition) is 5. The van der Waals surface area contributed by atoms with Crippen molar-refractivity contribution in [3.05, 3.63) is 68.7 Å². The lowest BCUT2D eigenvalue weighted by molar-refractivity contribution is -0.384. The minimum Gasteiger partial charge on any atom is -0.399 e. The van der Waals surface area contributed by atoms with E-state index in [1.54, 1.807) is 0 Å². The van der Waals surface area contributed by atoms with Crippen molar-refractivity contribution in [3.63, 3.8) is 0 Å². The summed E-state index contributed by atoms with van der Waals surface area (Å²) in [6.45, 7) is 5.51. The number of rotatable bonds is 6. The first-order valence-electron chi connectivity index (χ1n) is 8.36. The van der Waals surface area contributed by atoms with Crippen LogP contribution in [0.25, 0.3) is 0 Å². The average molecular weight is 405 g/mol. The van der Waals surface area contributed by atoms with E-state index in [0.29, 0.717) is 5.71 Å². The third-order valence-corrected chi connectivity index (χ3v) is 4.38. The van der Waals surface area contributed by atoms with Crippen LogP contribution in [0, 0.1) is 10.1 Å². The molecule has 0 atom stereocenters. The minimum absolute atomic E-state index is 0.00111. The summed E-state index contributed by atoms with van der Waals surface area (Å²) in [5, 5.41) is 20.3. The van der Waals surface area contributed by atoms with Crippen molar-refractivity contribution in [1.82, 2.24) is 5.32 Å². The van der Waals surface area contributed by atoms with Crippen LogP contribution in [0.1, 0.15) is 31.9 Å². The maximum atomic E-state index is 12.4. The van der Waals surface area contributed by atoms with E-state index in [2.05, 4.69) is 15.8 Å². The van der Waals surface area contributed by atoms with E-state index in [9.17, 15) is 14.9 Å². The van der Waals surface area contributed by atoms with Crippen molar-refractivity contribution in [3.8, 4) is 0 Å². The summed E-state index contributed by atoms with van der Waals surface area (Å²) in [5.74, 6) is 0. The van der Waals surface area contributed by atoms with E-state index in [1.807, 2.05) is 45.0 Å². The standard InChI is InChI=1S/C19H21ClN4O4/c1-12(23-28-4)13-6-5-7-14(10-13)19(2,3)22-18(25)21-15-8-9-16(20)17(11-15)24(26)27/h5-11H,1-4H3,(H2,21,22,25)/b23-12+. The lowest BCUT2D eigenvalue weighted by Crippen LogP contribution is -2.43. The first-order chi connectivity index (χ1) is 13.1. The zero-order valence-electron chi connectivity index (χ0n) is 15.9. The van der Waals surface area contributed by atoms with Gasteiger partial charge in [-0.05, 0) is 50.1 Å². The van der Waals surface area contributed by atoms with Gasteiger partial charge in [-0.3, -0.25) is 10.1 Å². The highest BCUT2D eigenvalue weighted by Gasteiger charge is 2.24. The molecular formula is C19H21ClN4O4. The Morgan fingerprint density at radius 3 is 2.61 bits per heavy atom. The Kier molecular flexibility index (Phi) is 6.58. The first kappa shape index (κ1) is 21.2. The van der Waals surface area contributed by atoms with Crippen LogP contribution in [0.15, 0.2) is 47.6 Å². The molecule has 2 aromatic carbocycles. The summed E-state index contributed by atoms with van der Waals surface area (Å²) in [6.07, 6.45) is 0. The zero-order chi connectivity index (χ0) is 20.9. The van der Waals surface area contributed by atoms with Gasteiger partial charge in [-0.2, -0.15) is 0 Å². The maximum Gasteiger partial charge on any atom is 0.319 e. The number of hydrogen-bond donors (Lipinski definition) is 2. The Bertz CT molecular complexity index is 928. The Morgan fingerprint density at radius 1 is 1.25 bits per heavy atom. The van der Waals surface area contributed by atoms with Crippen LogP contribution in [0.5, 0.6) is 0 Å². The summed E-state index contributed by atoms with van der Waals surface area (Å²) in [5.41, 5.74) is 1.70. The lowest BCUT2D eigenvalue weighted by Gasteiger charge is -2.27. The molecule has 28 heavy (non-hydrogen) atoms. The first-order valence-corrected chi connectivity index (χ1v) is 8.73. The molecule has 0 spiro atoms. The molecule has 2 aromatic rings. The molecule has 0 heterocycles. The van der Waals surface area contributed by atoms with E-state index in [1.165, 1.54) is 25.3 Å². The normalized spacial score (nSPS) is 11.7. The lowest BCUT2D eigenvalue weighted by atomic mass is 9.92. The van der Waals surface area contributed by atoms with Crippen LogP contribution < -0.4 is 10.6 Å². The number of amides is 2. The Balaban J connectivity index is 2.17. The molecule has 148 valence electrons. The molecule has 9 heteroatoms. The molecule has 8 nitrogen and oxygen atoms in total. The molecule has 0 saturated heterocycles. The van der Waals surface area contributed by atoms with Gasteiger partial charge in [-0.15, -0.1) is 0 Å². The zero-order valence-corrected chi connectivity index (χ0v) is 16.7. The number of nitro groups is 1. The predicted octanol–water partition coefficient (Wildman–Crippen LogP) is 4.68. The van der Waals surface area contributed by atoms with E-state index in [4.69, 9.17) is 16.4 Å². The van der Waals surface area contributed by atoms with Gasteiger partial charge in [0.05, 0.1) is 16.2 Å². The topological polar surface area (TPSA) is 106 Å². The number of nitro benzene ring substituents is 1. The molecule has 2 N–H and O–H groups in total. The van der Waals surface area contributed by atoms with E-state index in [0.717, 1.165) is 11.1 Å². The number of nitrogens with one attached hydrogen (secondary N) is 2. The molecule has 0 aromatic heterocycles. The fraction of sp³-hybridized carbons (Fsp3) is 0.263. The summed E-state index contributed by atoms with van der Waals surface area (Å²) < 4.78 is 0. The second kappa shape index (κ2) is 8.71. The average Bonchev–Trinajstić information content (AvgIpc) is 2.63.